The molecule has 0 aromatic heterocycles. The fourth-order valence-electron chi connectivity index (χ4n) is 2.88. The maximum absolute atomic E-state index is 12.2. The minimum atomic E-state index is -0.123. The van der Waals surface area contributed by atoms with Gasteiger partial charge < -0.3 is 15.7 Å². The Hall–Kier alpha value is -1.81. The molecule has 0 fully saturated rings. The molecule has 0 heterocycles. The highest BCUT2D eigenvalue weighted by Gasteiger charge is 2.20. The van der Waals surface area contributed by atoms with Gasteiger partial charge in [-0.2, -0.15) is 0 Å². The van der Waals surface area contributed by atoms with Crippen molar-refractivity contribution in [1.29, 1.82) is 0 Å². The first kappa shape index (κ1) is 16.6. The summed E-state index contributed by atoms with van der Waals surface area (Å²) in [7, 11) is 0. The van der Waals surface area contributed by atoms with Crippen molar-refractivity contribution in [2.24, 2.45) is 5.92 Å². The molecule has 2 amide bonds. The van der Waals surface area contributed by atoms with E-state index in [0.29, 0.717) is 0 Å². The second-order valence-corrected chi connectivity index (χ2v) is 5.96. The van der Waals surface area contributed by atoms with E-state index in [1.165, 1.54) is 5.56 Å². The highest BCUT2D eigenvalue weighted by Crippen LogP contribution is 2.17. The van der Waals surface area contributed by atoms with Crippen molar-refractivity contribution in [1.82, 2.24) is 10.6 Å². The zero-order chi connectivity index (χ0) is 15.8. The van der Waals surface area contributed by atoms with Gasteiger partial charge in [-0.05, 0) is 24.8 Å². The van der Waals surface area contributed by atoms with Crippen LogP contribution in [0.4, 0.5) is 4.79 Å². The van der Waals surface area contributed by atoms with E-state index in [0.717, 1.165) is 25.7 Å². The summed E-state index contributed by atoms with van der Waals surface area (Å²) < 4.78 is 0. The zero-order valence-electron chi connectivity index (χ0n) is 13.2. The largest absolute Gasteiger partial charge is 0.396 e. The van der Waals surface area contributed by atoms with Crippen LogP contribution in [-0.4, -0.2) is 29.8 Å². The van der Waals surface area contributed by atoms with Gasteiger partial charge in [0.05, 0.1) is 0 Å². The Morgan fingerprint density at radius 3 is 2.73 bits per heavy atom. The molecule has 0 radical (unpaired) electrons. The van der Waals surface area contributed by atoms with Crippen molar-refractivity contribution in [2.45, 2.75) is 44.7 Å². The second-order valence-electron chi connectivity index (χ2n) is 5.96. The first-order valence-corrected chi connectivity index (χ1v) is 8.11. The molecule has 0 saturated carbocycles. The maximum Gasteiger partial charge on any atom is 0.315 e. The van der Waals surface area contributed by atoms with E-state index in [4.69, 9.17) is 5.11 Å². The van der Waals surface area contributed by atoms with Crippen LogP contribution in [0.3, 0.4) is 0 Å². The van der Waals surface area contributed by atoms with Crippen molar-refractivity contribution in [2.75, 3.05) is 6.61 Å². The van der Waals surface area contributed by atoms with E-state index < -0.39 is 0 Å². The van der Waals surface area contributed by atoms with Gasteiger partial charge in [-0.3, -0.25) is 0 Å². The first-order valence-electron chi connectivity index (χ1n) is 8.11. The molecule has 1 aliphatic rings. The quantitative estimate of drug-likeness (QED) is 0.678. The highest BCUT2D eigenvalue weighted by molar-refractivity contribution is 5.75. The molecule has 0 saturated heterocycles. The average molecular weight is 302 g/mol. The van der Waals surface area contributed by atoms with E-state index in [9.17, 15) is 4.79 Å². The summed E-state index contributed by atoms with van der Waals surface area (Å²) in [6, 6.07) is 10.3. The van der Waals surface area contributed by atoms with Crippen LogP contribution in [0.1, 0.15) is 31.7 Å². The van der Waals surface area contributed by atoms with E-state index in [1.807, 2.05) is 30.4 Å². The van der Waals surface area contributed by atoms with Crippen LogP contribution in [0.15, 0.2) is 42.5 Å². The summed E-state index contributed by atoms with van der Waals surface area (Å²) in [6.07, 6.45) is 7.56. The summed E-state index contributed by atoms with van der Waals surface area (Å²) in [5, 5.41) is 15.2. The summed E-state index contributed by atoms with van der Waals surface area (Å²) in [6.45, 7) is 2.27. The molecule has 1 aliphatic carbocycles. The predicted octanol–water partition coefficient (Wildman–Crippen LogP) is 2.63. The van der Waals surface area contributed by atoms with Crippen molar-refractivity contribution >= 4 is 6.03 Å². The van der Waals surface area contributed by atoms with Crippen LogP contribution in [-0.2, 0) is 6.42 Å². The lowest BCUT2D eigenvalue weighted by atomic mass is 10.0. The normalized spacial score (nSPS) is 21.5. The van der Waals surface area contributed by atoms with Crippen molar-refractivity contribution in [3.8, 4) is 0 Å². The number of aliphatic hydroxyl groups is 1. The van der Waals surface area contributed by atoms with Gasteiger partial charge in [-0.15, -0.1) is 0 Å². The molecule has 1 aromatic rings. The Labute approximate surface area is 132 Å². The third kappa shape index (κ3) is 5.19. The highest BCUT2D eigenvalue weighted by atomic mass is 16.3. The minimum Gasteiger partial charge on any atom is -0.396 e. The van der Waals surface area contributed by atoms with Crippen molar-refractivity contribution in [3.05, 3.63) is 48.0 Å². The van der Waals surface area contributed by atoms with Crippen LogP contribution in [0, 0.1) is 5.92 Å². The van der Waals surface area contributed by atoms with Gasteiger partial charge in [-0.25, -0.2) is 4.79 Å². The molecule has 0 spiro atoms. The van der Waals surface area contributed by atoms with Gasteiger partial charge >= 0.3 is 6.03 Å². The molecule has 1 aromatic carbocycles. The summed E-state index contributed by atoms with van der Waals surface area (Å²) in [5.41, 5.74) is 1.24. The van der Waals surface area contributed by atoms with E-state index in [1.54, 1.807) is 0 Å². The summed E-state index contributed by atoms with van der Waals surface area (Å²) in [5.74, 6) is 0.168. The van der Waals surface area contributed by atoms with Gasteiger partial charge in [0.1, 0.15) is 0 Å². The molecule has 3 atom stereocenters. The van der Waals surface area contributed by atoms with Crippen molar-refractivity contribution < 1.29 is 9.90 Å². The van der Waals surface area contributed by atoms with Gasteiger partial charge in [-0.1, -0.05) is 55.8 Å². The monoisotopic (exact) mass is 302 g/mol. The fourth-order valence-corrected chi connectivity index (χ4v) is 2.88. The molecule has 0 aliphatic heterocycles. The number of hydrogen-bond acceptors (Lipinski definition) is 2. The average Bonchev–Trinajstić information content (AvgIpc) is 2.96. The van der Waals surface area contributed by atoms with Gasteiger partial charge in [0.25, 0.3) is 0 Å². The number of hydrogen-bond donors (Lipinski definition) is 3. The third-order valence-electron chi connectivity index (χ3n) is 4.02. The molecule has 0 bridgehead atoms. The lowest BCUT2D eigenvalue weighted by Gasteiger charge is -2.20. The molecule has 4 heteroatoms. The summed E-state index contributed by atoms with van der Waals surface area (Å²) in [4.78, 5) is 12.2. The van der Waals surface area contributed by atoms with Crippen LogP contribution in [0.2, 0.25) is 0 Å². The van der Waals surface area contributed by atoms with Crippen LogP contribution in [0.25, 0.3) is 0 Å². The van der Waals surface area contributed by atoms with Crippen LogP contribution in [0.5, 0.6) is 0 Å². The van der Waals surface area contributed by atoms with Gasteiger partial charge in [0.15, 0.2) is 0 Å². The number of amides is 2. The standard InChI is InChI=1S/C18H26N2O2/c1-2-6-16(11-14-7-4-3-5-8-14)19-18(22)20-17-10-9-15(12-17)13-21/h3-5,7-10,15-17,21H,2,6,11-13H2,1H3,(H2,19,20,22)/t15-,16?,17+/m0/s1. The zero-order valence-corrected chi connectivity index (χ0v) is 13.2. The molecular formula is C18H26N2O2. The van der Waals surface area contributed by atoms with Gasteiger partial charge in [0.2, 0.25) is 0 Å². The first-order chi connectivity index (χ1) is 10.7. The lowest BCUT2D eigenvalue weighted by molar-refractivity contribution is 0.227. The maximum atomic E-state index is 12.2. The molecule has 4 nitrogen and oxygen atoms in total. The number of aliphatic hydroxyl groups excluding tert-OH is 1. The second kappa shape index (κ2) is 8.59. The minimum absolute atomic E-state index is 0.0242. The Balaban J connectivity index is 1.82. The van der Waals surface area contributed by atoms with Crippen molar-refractivity contribution in [3.63, 3.8) is 0 Å². The number of benzene rings is 1. The van der Waals surface area contributed by atoms with E-state index >= 15 is 0 Å². The van der Waals surface area contributed by atoms with E-state index in [-0.39, 0.29) is 30.6 Å². The molecule has 1 unspecified atom stereocenters. The molecule has 120 valence electrons. The number of carbonyl (C=O) groups is 1. The van der Waals surface area contributed by atoms with E-state index in [2.05, 4.69) is 29.7 Å². The number of rotatable bonds is 7. The molecule has 2 rings (SSSR count). The summed E-state index contributed by atoms with van der Waals surface area (Å²) >= 11 is 0. The molecular weight excluding hydrogens is 276 g/mol. The smallest absolute Gasteiger partial charge is 0.315 e. The Morgan fingerprint density at radius 1 is 1.32 bits per heavy atom. The van der Waals surface area contributed by atoms with Crippen LogP contribution < -0.4 is 10.6 Å². The van der Waals surface area contributed by atoms with Crippen LogP contribution >= 0.6 is 0 Å². The Bertz CT molecular complexity index is 487. The Kier molecular flexibility index (Phi) is 6.46. The topological polar surface area (TPSA) is 61.4 Å². The fraction of sp³-hybridized carbons (Fsp3) is 0.500. The van der Waals surface area contributed by atoms with Gasteiger partial charge in [0, 0.05) is 24.6 Å². The number of urea groups is 1. The lowest BCUT2D eigenvalue weighted by Crippen LogP contribution is -2.46. The number of nitrogens with one attached hydrogen (secondary N) is 2. The number of carbonyl (C=O) groups excluding carboxylic acids is 1. The Morgan fingerprint density at radius 2 is 2.09 bits per heavy atom. The molecule has 3 N–H and O–H groups in total. The predicted molar refractivity (Wildman–Crippen MR) is 88.6 cm³/mol. The SMILES string of the molecule is CCCC(Cc1ccccc1)NC(=O)N[C@@H]1C=C[C@H](CO)C1. The molecule has 22 heavy (non-hydrogen) atoms. The third-order valence-corrected chi connectivity index (χ3v) is 4.02.